The number of hydrogen-bond acceptors (Lipinski definition) is 3. The largest absolute Gasteiger partial charge is 0.380 e. The molecule has 1 aromatic carbocycles. The van der Waals surface area contributed by atoms with Crippen LogP contribution in [0, 0.1) is 0 Å². The SMILES string of the molecule is CC(=O)Nc1ccc(NCc2cc(Br)cs2)cc1. The first-order valence-electron chi connectivity index (χ1n) is 5.48. The summed E-state index contributed by atoms with van der Waals surface area (Å²) in [5.74, 6) is -0.0563. The van der Waals surface area contributed by atoms with Gasteiger partial charge >= 0.3 is 0 Å². The van der Waals surface area contributed by atoms with Crippen LogP contribution in [-0.2, 0) is 11.3 Å². The first kappa shape index (κ1) is 13.1. The molecular weight excluding hydrogens is 312 g/mol. The van der Waals surface area contributed by atoms with Gasteiger partial charge in [0.15, 0.2) is 0 Å². The number of thiophene rings is 1. The molecule has 2 N–H and O–H groups in total. The minimum atomic E-state index is -0.0563. The number of anilines is 2. The molecule has 1 heterocycles. The Bertz CT molecular complexity index is 536. The molecule has 0 atom stereocenters. The molecule has 0 bridgehead atoms. The Hall–Kier alpha value is -1.33. The highest BCUT2D eigenvalue weighted by Crippen LogP contribution is 2.21. The van der Waals surface area contributed by atoms with E-state index in [0.717, 1.165) is 22.4 Å². The summed E-state index contributed by atoms with van der Waals surface area (Å²) in [6.45, 7) is 2.30. The number of hydrogen-bond donors (Lipinski definition) is 2. The van der Waals surface area contributed by atoms with E-state index in [1.807, 2.05) is 24.3 Å². The molecule has 5 heteroatoms. The normalized spacial score (nSPS) is 10.1. The molecular formula is C13H13BrN2OS. The van der Waals surface area contributed by atoms with Crippen LogP contribution < -0.4 is 10.6 Å². The number of carbonyl (C=O) groups excluding carboxylic acids is 1. The zero-order valence-corrected chi connectivity index (χ0v) is 12.3. The highest BCUT2D eigenvalue weighted by molar-refractivity contribution is 9.10. The van der Waals surface area contributed by atoms with Gasteiger partial charge in [0.2, 0.25) is 5.91 Å². The van der Waals surface area contributed by atoms with E-state index in [2.05, 4.69) is 38.0 Å². The third kappa shape index (κ3) is 3.85. The van der Waals surface area contributed by atoms with Crippen molar-refractivity contribution in [3.63, 3.8) is 0 Å². The van der Waals surface area contributed by atoms with Gasteiger partial charge in [-0.1, -0.05) is 0 Å². The van der Waals surface area contributed by atoms with Crippen LogP contribution >= 0.6 is 27.3 Å². The predicted octanol–water partition coefficient (Wildman–Crippen LogP) is 4.08. The van der Waals surface area contributed by atoms with E-state index >= 15 is 0 Å². The quantitative estimate of drug-likeness (QED) is 0.889. The standard InChI is InChI=1S/C13H13BrN2OS/c1-9(17)16-12-4-2-11(3-5-12)15-7-13-6-10(14)8-18-13/h2-6,8,15H,7H2,1H3,(H,16,17). The van der Waals surface area contributed by atoms with Crippen LogP contribution in [0.15, 0.2) is 40.2 Å². The third-order valence-electron chi connectivity index (χ3n) is 2.29. The lowest BCUT2D eigenvalue weighted by atomic mass is 10.2. The average Bonchev–Trinajstić information content (AvgIpc) is 2.74. The Morgan fingerprint density at radius 3 is 2.50 bits per heavy atom. The maximum absolute atomic E-state index is 10.9. The van der Waals surface area contributed by atoms with Crippen LogP contribution in [0.2, 0.25) is 0 Å². The van der Waals surface area contributed by atoms with Gasteiger partial charge in [-0.3, -0.25) is 4.79 Å². The van der Waals surface area contributed by atoms with E-state index in [0.29, 0.717) is 0 Å². The van der Waals surface area contributed by atoms with Crippen molar-refractivity contribution in [3.8, 4) is 0 Å². The van der Waals surface area contributed by atoms with Crippen molar-refractivity contribution in [2.75, 3.05) is 10.6 Å². The number of carbonyl (C=O) groups is 1. The van der Waals surface area contributed by atoms with Gasteiger partial charge in [0, 0.05) is 39.6 Å². The minimum Gasteiger partial charge on any atom is -0.380 e. The molecule has 18 heavy (non-hydrogen) atoms. The lowest BCUT2D eigenvalue weighted by molar-refractivity contribution is -0.114. The topological polar surface area (TPSA) is 41.1 Å². The van der Waals surface area contributed by atoms with E-state index in [-0.39, 0.29) is 5.91 Å². The maximum atomic E-state index is 10.9. The average molecular weight is 325 g/mol. The molecule has 1 amide bonds. The van der Waals surface area contributed by atoms with Crippen molar-refractivity contribution in [3.05, 3.63) is 45.1 Å². The molecule has 2 aromatic rings. The van der Waals surface area contributed by atoms with Gasteiger partial charge in [-0.05, 0) is 46.3 Å². The van der Waals surface area contributed by atoms with Gasteiger partial charge < -0.3 is 10.6 Å². The number of nitrogens with one attached hydrogen (secondary N) is 2. The Morgan fingerprint density at radius 1 is 1.28 bits per heavy atom. The molecule has 0 radical (unpaired) electrons. The summed E-state index contributed by atoms with van der Waals surface area (Å²) in [7, 11) is 0. The summed E-state index contributed by atoms with van der Waals surface area (Å²) >= 11 is 5.15. The lowest BCUT2D eigenvalue weighted by Crippen LogP contribution is -2.05. The van der Waals surface area contributed by atoms with Crippen molar-refractivity contribution in [1.82, 2.24) is 0 Å². The first-order valence-corrected chi connectivity index (χ1v) is 7.15. The summed E-state index contributed by atoms with van der Waals surface area (Å²) in [4.78, 5) is 12.2. The van der Waals surface area contributed by atoms with Gasteiger partial charge in [-0.25, -0.2) is 0 Å². The first-order chi connectivity index (χ1) is 8.63. The number of halogens is 1. The second kappa shape index (κ2) is 6.02. The van der Waals surface area contributed by atoms with E-state index in [4.69, 9.17) is 0 Å². The molecule has 3 nitrogen and oxygen atoms in total. The van der Waals surface area contributed by atoms with E-state index in [9.17, 15) is 4.79 Å². The van der Waals surface area contributed by atoms with Crippen LogP contribution in [0.5, 0.6) is 0 Å². The van der Waals surface area contributed by atoms with Gasteiger partial charge in [-0.15, -0.1) is 11.3 Å². The fraction of sp³-hybridized carbons (Fsp3) is 0.154. The van der Waals surface area contributed by atoms with Gasteiger partial charge in [0.05, 0.1) is 0 Å². The lowest BCUT2D eigenvalue weighted by Gasteiger charge is -2.06. The fourth-order valence-electron chi connectivity index (χ4n) is 1.51. The van der Waals surface area contributed by atoms with Gasteiger partial charge in [-0.2, -0.15) is 0 Å². The monoisotopic (exact) mass is 324 g/mol. The summed E-state index contributed by atoms with van der Waals surface area (Å²) in [5.41, 5.74) is 1.85. The Morgan fingerprint density at radius 2 is 1.94 bits per heavy atom. The van der Waals surface area contributed by atoms with Crippen LogP contribution in [0.1, 0.15) is 11.8 Å². The molecule has 0 aliphatic heterocycles. The molecule has 0 aliphatic carbocycles. The minimum absolute atomic E-state index is 0.0563. The van der Waals surface area contributed by atoms with Crippen molar-refractivity contribution >= 4 is 44.5 Å². The molecule has 0 unspecified atom stereocenters. The Balaban J connectivity index is 1.92. The van der Waals surface area contributed by atoms with E-state index in [1.165, 1.54) is 11.8 Å². The summed E-state index contributed by atoms with van der Waals surface area (Å²) in [6, 6.07) is 9.77. The summed E-state index contributed by atoms with van der Waals surface area (Å²) in [6.07, 6.45) is 0. The van der Waals surface area contributed by atoms with Gasteiger partial charge in [0.1, 0.15) is 0 Å². The zero-order chi connectivity index (χ0) is 13.0. The summed E-state index contributed by atoms with van der Waals surface area (Å²) < 4.78 is 1.12. The fourth-order valence-corrected chi connectivity index (χ4v) is 2.90. The van der Waals surface area contributed by atoms with Crippen molar-refractivity contribution in [1.29, 1.82) is 0 Å². The highest BCUT2D eigenvalue weighted by atomic mass is 79.9. The number of rotatable bonds is 4. The molecule has 2 rings (SSSR count). The Kier molecular flexibility index (Phi) is 4.38. The summed E-state index contributed by atoms with van der Waals surface area (Å²) in [5, 5.41) is 8.14. The van der Waals surface area contributed by atoms with Crippen LogP contribution in [-0.4, -0.2) is 5.91 Å². The maximum Gasteiger partial charge on any atom is 0.221 e. The van der Waals surface area contributed by atoms with Crippen molar-refractivity contribution in [2.24, 2.45) is 0 Å². The zero-order valence-electron chi connectivity index (χ0n) is 9.87. The highest BCUT2D eigenvalue weighted by Gasteiger charge is 1.99. The molecule has 0 fully saturated rings. The number of benzene rings is 1. The molecule has 0 spiro atoms. The van der Waals surface area contributed by atoms with Crippen LogP contribution in [0.3, 0.4) is 0 Å². The van der Waals surface area contributed by atoms with Crippen LogP contribution in [0.4, 0.5) is 11.4 Å². The molecule has 94 valence electrons. The van der Waals surface area contributed by atoms with Crippen molar-refractivity contribution < 1.29 is 4.79 Å². The number of amides is 1. The Labute approximate surface area is 118 Å². The van der Waals surface area contributed by atoms with E-state index < -0.39 is 0 Å². The molecule has 0 saturated heterocycles. The van der Waals surface area contributed by atoms with Crippen molar-refractivity contribution in [2.45, 2.75) is 13.5 Å². The third-order valence-corrected chi connectivity index (χ3v) is 3.99. The molecule has 0 saturated carbocycles. The second-order valence-electron chi connectivity index (χ2n) is 3.84. The van der Waals surface area contributed by atoms with Crippen LogP contribution in [0.25, 0.3) is 0 Å². The van der Waals surface area contributed by atoms with Gasteiger partial charge in [0.25, 0.3) is 0 Å². The smallest absolute Gasteiger partial charge is 0.221 e. The second-order valence-corrected chi connectivity index (χ2v) is 5.75. The molecule has 0 aliphatic rings. The van der Waals surface area contributed by atoms with E-state index in [1.54, 1.807) is 11.3 Å². The molecule has 1 aromatic heterocycles. The predicted molar refractivity (Wildman–Crippen MR) is 80.1 cm³/mol.